The third-order valence-electron chi connectivity index (χ3n) is 2.61. The number of phenols is 1. The second-order valence-corrected chi connectivity index (χ2v) is 4.10. The molecule has 2 rings (SSSR count). The number of para-hydroxylation sites is 1. The van der Waals surface area contributed by atoms with E-state index in [9.17, 15) is 9.90 Å². The highest BCUT2D eigenvalue weighted by atomic mass is 16.5. The molecule has 7 heteroatoms. The summed E-state index contributed by atoms with van der Waals surface area (Å²) in [6, 6.07) is 6.22. The molecular formula is C13H15N3O4. The van der Waals surface area contributed by atoms with Gasteiger partial charge in [0.25, 0.3) is 0 Å². The number of benzene rings is 1. The summed E-state index contributed by atoms with van der Waals surface area (Å²) < 4.78 is 9.82. The number of methoxy groups -OCH3 is 1. The minimum atomic E-state index is -0.444. The Bertz CT molecular complexity index is 609. The third kappa shape index (κ3) is 3.19. The number of hydrogen-bond donors (Lipinski definition) is 3. The molecule has 0 fully saturated rings. The van der Waals surface area contributed by atoms with Gasteiger partial charge in [-0.1, -0.05) is 17.3 Å². The van der Waals surface area contributed by atoms with Crippen molar-refractivity contribution in [2.45, 2.75) is 13.5 Å². The van der Waals surface area contributed by atoms with Gasteiger partial charge in [-0.2, -0.15) is 0 Å². The number of aromatic nitrogens is 1. The van der Waals surface area contributed by atoms with Crippen LogP contribution in [0.5, 0.6) is 11.5 Å². The fraction of sp³-hybridized carbons (Fsp3) is 0.231. The van der Waals surface area contributed by atoms with E-state index in [1.54, 1.807) is 31.2 Å². The number of aryl methyl sites for hydroxylation is 1. The number of amides is 2. The maximum Gasteiger partial charge on any atom is 0.320 e. The topological polar surface area (TPSA) is 96.6 Å². The Labute approximate surface area is 115 Å². The summed E-state index contributed by atoms with van der Waals surface area (Å²) in [5.74, 6) is 1.30. The molecule has 0 radical (unpaired) electrons. The largest absolute Gasteiger partial charge is 0.504 e. The number of nitrogens with one attached hydrogen (secondary N) is 2. The minimum absolute atomic E-state index is 0.00702. The number of nitrogens with zero attached hydrogens (tertiary/aromatic N) is 1. The second-order valence-electron chi connectivity index (χ2n) is 4.10. The number of phenolic OH excluding ortho intramolecular Hbond substituents is 1. The predicted molar refractivity (Wildman–Crippen MR) is 71.8 cm³/mol. The maximum absolute atomic E-state index is 11.6. The summed E-state index contributed by atoms with van der Waals surface area (Å²) in [4.78, 5) is 11.6. The lowest BCUT2D eigenvalue weighted by Gasteiger charge is -2.09. The van der Waals surface area contributed by atoms with Crippen molar-refractivity contribution in [3.8, 4) is 11.5 Å². The summed E-state index contributed by atoms with van der Waals surface area (Å²) in [6.07, 6.45) is 0. The SMILES string of the molecule is COc1cccc(CNC(=O)Nc2cc(C)on2)c1O. The number of anilines is 1. The number of hydrogen-bond acceptors (Lipinski definition) is 5. The van der Waals surface area contributed by atoms with Crippen molar-refractivity contribution >= 4 is 11.8 Å². The Morgan fingerprint density at radius 1 is 1.50 bits per heavy atom. The molecule has 1 heterocycles. The van der Waals surface area contributed by atoms with Crippen molar-refractivity contribution in [1.82, 2.24) is 10.5 Å². The first-order valence-electron chi connectivity index (χ1n) is 5.93. The van der Waals surface area contributed by atoms with Crippen molar-refractivity contribution in [3.05, 3.63) is 35.6 Å². The van der Waals surface area contributed by atoms with Gasteiger partial charge in [-0.05, 0) is 13.0 Å². The molecule has 0 saturated carbocycles. The van der Waals surface area contributed by atoms with Gasteiger partial charge in [0.05, 0.1) is 7.11 Å². The van der Waals surface area contributed by atoms with Gasteiger partial charge in [0.15, 0.2) is 17.3 Å². The fourth-order valence-electron chi connectivity index (χ4n) is 1.64. The fourth-order valence-corrected chi connectivity index (χ4v) is 1.64. The molecule has 2 aromatic rings. The van der Waals surface area contributed by atoms with Crippen LogP contribution < -0.4 is 15.4 Å². The standard InChI is InChI=1S/C13H15N3O4/c1-8-6-11(16-20-8)15-13(18)14-7-9-4-3-5-10(19-2)12(9)17/h3-6,17H,7H2,1-2H3,(H2,14,15,16,18). The van der Waals surface area contributed by atoms with Crippen LogP contribution in [0.2, 0.25) is 0 Å². The average Bonchev–Trinajstić information content (AvgIpc) is 2.83. The molecule has 0 atom stereocenters. The summed E-state index contributed by atoms with van der Waals surface area (Å²) in [7, 11) is 1.46. The average molecular weight is 277 g/mol. The molecule has 0 bridgehead atoms. The van der Waals surface area contributed by atoms with E-state index < -0.39 is 6.03 Å². The maximum atomic E-state index is 11.6. The molecule has 0 spiro atoms. The highest BCUT2D eigenvalue weighted by Crippen LogP contribution is 2.29. The van der Waals surface area contributed by atoms with Crippen LogP contribution in [0.3, 0.4) is 0 Å². The van der Waals surface area contributed by atoms with Crippen LogP contribution in [-0.2, 0) is 6.54 Å². The molecule has 0 saturated heterocycles. The van der Waals surface area contributed by atoms with Crippen molar-refractivity contribution in [2.75, 3.05) is 12.4 Å². The zero-order chi connectivity index (χ0) is 14.5. The van der Waals surface area contributed by atoms with Gasteiger partial charge in [-0.15, -0.1) is 0 Å². The first kappa shape index (κ1) is 13.7. The number of carbonyl (C=O) groups excluding carboxylic acids is 1. The van der Waals surface area contributed by atoms with Gasteiger partial charge < -0.3 is 19.7 Å². The Morgan fingerprint density at radius 3 is 2.95 bits per heavy atom. The Balaban J connectivity index is 1.93. The predicted octanol–water partition coefficient (Wildman–Crippen LogP) is 2.02. The van der Waals surface area contributed by atoms with Crippen LogP contribution in [0.4, 0.5) is 10.6 Å². The smallest absolute Gasteiger partial charge is 0.320 e. The van der Waals surface area contributed by atoms with Crippen LogP contribution in [0.15, 0.2) is 28.8 Å². The molecule has 1 aromatic carbocycles. The van der Waals surface area contributed by atoms with E-state index in [1.807, 2.05) is 0 Å². The second kappa shape index (κ2) is 5.96. The monoisotopic (exact) mass is 277 g/mol. The van der Waals surface area contributed by atoms with Crippen LogP contribution >= 0.6 is 0 Å². The van der Waals surface area contributed by atoms with Crippen molar-refractivity contribution in [2.24, 2.45) is 0 Å². The molecular weight excluding hydrogens is 262 g/mol. The number of aromatic hydroxyl groups is 1. The van der Waals surface area contributed by atoms with E-state index in [-0.39, 0.29) is 12.3 Å². The summed E-state index contributed by atoms with van der Waals surface area (Å²) in [5.41, 5.74) is 0.552. The van der Waals surface area contributed by atoms with Crippen LogP contribution in [-0.4, -0.2) is 23.4 Å². The first-order valence-corrected chi connectivity index (χ1v) is 5.93. The molecule has 0 aliphatic heterocycles. The van der Waals surface area contributed by atoms with Crippen LogP contribution in [0, 0.1) is 6.92 Å². The third-order valence-corrected chi connectivity index (χ3v) is 2.61. The minimum Gasteiger partial charge on any atom is -0.504 e. The molecule has 7 nitrogen and oxygen atoms in total. The summed E-state index contributed by atoms with van der Waals surface area (Å²) >= 11 is 0. The Morgan fingerprint density at radius 2 is 2.30 bits per heavy atom. The van der Waals surface area contributed by atoms with E-state index in [1.165, 1.54) is 7.11 Å². The van der Waals surface area contributed by atoms with E-state index in [2.05, 4.69) is 15.8 Å². The zero-order valence-electron chi connectivity index (χ0n) is 11.1. The van der Waals surface area contributed by atoms with Crippen molar-refractivity contribution in [3.63, 3.8) is 0 Å². The highest BCUT2D eigenvalue weighted by Gasteiger charge is 2.09. The molecule has 0 unspecified atom stereocenters. The number of carbonyl (C=O) groups is 1. The quantitative estimate of drug-likeness (QED) is 0.794. The van der Waals surface area contributed by atoms with E-state index in [0.29, 0.717) is 22.9 Å². The number of ether oxygens (including phenoxy) is 1. The molecule has 20 heavy (non-hydrogen) atoms. The van der Waals surface area contributed by atoms with Gasteiger partial charge in [0, 0.05) is 18.2 Å². The van der Waals surface area contributed by atoms with Crippen molar-refractivity contribution < 1.29 is 19.2 Å². The van der Waals surface area contributed by atoms with Gasteiger partial charge >= 0.3 is 6.03 Å². The molecule has 0 aliphatic rings. The highest BCUT2D eigenvalue weighted by molar-refractivity contribution is 5.88. The van der Waals surface area contributed by atoms with Gasteiger partial charge in [-0.3, -0.25) is 5.32 Å². The Hall–Kier alpha value is -2.70. The molecule has 1 aromatic heterocycles. The Kier molecular flexibility index (Phi) is 4.09. The van der Waals surface area contributed by atoms with E-state index >= 15 is 0 Å². The van der Waals surface area contributed by atoms with Crippen LogP contribution in [0.25, 0.3) is 0 Å². The van der Waals surface area contributed by atoms with Gasteiger partial charge in [0.2, 0.25) is 0 Å². The van der Waals surface area contributed by atoms with Crippen LogP contribution in [0.1, 0.15) is 11.3 Å². The number of rotatable bonds is 4. The van der Waals surface area contributed by atoms with E-state index in [0.717, 1.165) is 0 Å². The van der Waals surface area contributed by atoms with Crippen molar-refractivity contribution in [1.29, 1.82) is 0 Å². The lowest BCUT2D eigenvalue weighted by Crippen LogP contribution is -2.28. The summed E-state index contributed by atoms with van der Waals surface area (Å²) in [5, 5.41) is 18.6. The normalized spacial score (nSPS) is 10.1. The lowest BCUT2D eigenvalue weighted by molar-refractivity contribution is 0.251. The number of urea groups is 1. The molecule has 2 amide bonds. The zero-order valence-corrected chi connectivity index (χ0v) is 11.1. The summed E-state index contributed by atoms with van der Waals surface area (Å²) in [6.45, 7) is 1.88. The first-order chi connectivity index (χ1) is 9.60. The molecule has 106 valence electrons. The molecule has 3 N–H and O–H groups in total. The van der Waals surface area contributed by atoms with Gasteiger partial charge in [0.1, 0.15) is 5.76 Å². The van der Waals surface area contributed by atoms with Gasteiger partial charge in [-0.25, -0.2) is 4.79 Å². The van der Waals surface area contributed by atoms with E-state index in [4.69, 9.17) is 9.26 Å². The molecule has 0 aliphatic carbocycles. The lowest BCUT2D eigenvalue weighted by atomic mass is 10.2.